The van der Waals surface area contributed by atoms with Crippen molar-refractivity contribution >= 4 is 10.9 Å². The Labute approximate surface area is 97.3 Å². The van der Waals surface area contributed by atoms with Crippen molar-refractivity contribution in [2.24, 2.45) is 0 Å². The number of hydrogen-bond donors (Lipinski definition) is 1. The van der Waals surface area contributed by atoms with Crippen LogP contribution in [0.3, 0.4) is 0 Å². The molecule has 86 valence electrons. The first-order chi connectivity index (χ1) is 7.66. The van der Waals surface area contributed by atoms with Crippen molar-refractivity contribution in [3.8, 4) is 0 Å². The van der Waals surface area contributed by atoms with Crippen LogP contribution in [0.5, 0.6) is 0 Å². The van der Waals surface area contributed by atoms with Crippen LogP contribution in [0.4, 0.5) is 0 Å². The van der Waals surface area contributed by atoms with Crippen LogP contribution in [0.1, 0.15) is 19.4 Å². The van der Waals surface area contributed by atoms with Gasteiger partial charge in [0, 0.05) is 30.8 Å². The third-order valence-electron chi connectivity index (χ3n) is 2.83. The van der Waals surface area contributed by atoms with Gasteiger partial charge in [-0.05, 0) is 30.0 Å². The minimum absolute atomic E-state index is 0.559. The molecule has 2 heteroatoms. The van der Waals surface area contributed by atoms with Gasteiger partial charge in [0.25, 0.3) is 0 Å². The van der Waals surface area contributed by atoms with E-state index in [1.54, 1.807) is 0 Å². The summed E-state index contributed by atoms with van der Waals surface area (Å²) in [5, 5.41) is 4.77. The second-order valence-electron chi connectivity index (χ2n) is 4.68. The number of hydrogen-bond acceptors (Lipinski definition) is 1. The highest BCUT2D eigenvalue weighted by Crippen LogP contribution is 2.16. The number of rotatable bonds is 4. The number of nitrogens with zero attached hydrogens (tertiary/aromatic N) is 1. The van der Waals surface area contributed by atoms with Crippen LogP contribution in [0.2, 0.25) is 0 Å². The third kappa shape index (κ3) is 2.45. The zero-order valence-corrected chi connectivity index (χ0v) is 10.3. The Morgan fingerprint density at radius 1 is 1.25 bits per heavy atom. The molecule has 0 amide bonds. The van der Waals surface area contributed by atoms with Crippen molar-refractivity contribution in [2.75, 3.05) is 6.54 Å². The third-order valence-corrected chi connectivity index (χ3v) is 2.83. The largest absolute Gasteiger partial charge is 0.346 e. The second kappa shape index (κ2) is 4.71. The van der Waals surface area contributed by atoms with E-state index in [2.05, 4.69) is 61.1 Å². The van der Waals surface area contributed by atoms with Crippen LogP contribution >= 0.6 is 0 Å². The van der Waals surface area contributed by atoms with Crippen molar-refractivity contribution < 1.29 is 0 Å². The van der Waals surface area contributed by atoms with E-state index in [0.29, 0.717) is 6.04 Å². The molecule has 1 heterocycles. The van der Waals surface area contributed by atoms with E-state index in [-0.39, 0.29) is 0 Å². The van der Waals surface area contributed by atoms with Gasteiger partial charge in [-0.3, -0.25) is 0 Å². The Morgan fingerprint density at radius 2 is 2.06 bits per heavy atom. The fraction of sp³-hybridized carbons (Fsp3) is 0.429. The van der Waals surface area contributed by atoms with Crippen molar-refractivity contribution in [2.45, 2.75) is 33.4 Å². The van der Waals surface area contributed by atoms with Crippen molar-refractivity contribution in [3.63, 3.8) is 0 Å². The molecule has 0 aliphatic carbocycles. The van der Waals surface area contributed by atoms with Crippen LogP contribution in [-0.2, 0) is 6.54 Å². The summed E-state index contributed by atoms with van der Waals surface area (Å²) in [4.78, 5) is 0. The summed E-state index contributed by atoms with van der Waals surface area (Å²) in [5.41, 5.74) is 2.66. The van der Waals surface area contributed by atoms with Gasteiger partial charge >= 0.3 is 0 Å². The molecule has 0 saturated carbocycles. The lowest BCUT2D eigenvalue weighted by atomic mass is 10.2. The minimum atomic E-state index is 0.559. The van der Waals surface area contributed by atoms with Gasteiger partial charge < -0.3 is 9.88 Å². The lowest BCUT2D eigenvalue weighted by Gasteiger charge is -2.10. The Kier molecular flexibility index (Phi) is 3.30. The number of benzene rings is 1. The lowest BCUT2D eigenvalue weighted by Crippen LogP contribution is -2.26. The summed E-state index contributed by atoms with van der Waals surface area (Å²) in [6, 6.07) is 9.36. The number of fused-ring (bicyclic) bond motifs is 1. The van der Waals surface area contributed by atoms with E-state index in [0.717, 1.165) is 13.1 Å². The maximum atomic E-state index is 3.44. The number of aryl methyl sites for hydroxylation is 1. The van der Waals surface area contributed by atoms with Crippen LogP contribution in [0.15, 0.2) is 30.5 Å². The summed E-state index contributed by atoms with van der Waals surface area (Å²) in [6.45, 7) is 8.56. The molecular weight excluding hydrogens is 196 g/mol. The monoisotopic (exact) mass is 216 g/mol. The summed E-state index contributed by atoms with van der Waals surface area (Å²) in [6.07, 6.45) is 2.17. The van der Waals surface area contributed by atoms with Gasteiger partial charge in [-0.1, -0.05) is 26.0 Å². The Bertz CT molecular complexity index is 469. The number of nitrogens with one attached hydrogen (secondary N) is 1. The van der Waals surface area contributed by atoms with Gasteiger partial charge in [-0.25, -0.2) is 0 Å². The zero-order chi connectivity index (χ0) is 11.5. The SMILES string of the molecule is Cc1ccc2ccn(CCNC(C)C)c2c1. The fourth-order valence-electron chi connectivity index (χ4n) is 1.96. The smallest absolute Gasteiger partial charge is 0.0483 e. The molecule has 2 aromatic rings. The molecule has 2 nitrogen and oxygen atoms in total. The summed E-state index contributed by atoms with van der Waals surface area (Å²) in [5.74, 6) is 0. The summed E-state index contributed by atoms with van der Waals surface area (Å²) in [7, 11) is 0. The first-order valence-electron chi connectivity index (χ1n) is 5.96. The highest BCUT2D eigenvalue weighted by molar-refractivity contribution is 5.80. The molecule has 0 fully saturated rings. The first-order valence-corrected chi connectivity index (χ1v) is 5.96. The molecule has 0 saturated heterocycles. The van der Waals surface area contributed by atoms with Gasteiger partial charge in [0.05, 0.1) is 0 Å². The predicted octanol–water partition coefficient (Wildman–Crippen LogP) is 2.95. The lowest BCUT2D eigenvalue weighted by molar-refractivity contribution is 0.548. The van der Waals surface area contributed by atoms with Gasteiger partial charge in [-0.15, -0.1) is 0 Å². The van der Waals surface area contributed by atoms with E-state index in [4.69, 9.17) is 0 Å². The van der Waals surface area contributed by atoms with Crippen molar-refractivity contribution in [1.82, 2.24) is 9.88 Å². The molecule has 2 rings (SSSR count). The maximum absolute atomic E-state index is 3.44. The normalized spacial score (nSPS) is 11.5. The van der Waals surface area contributed by atoms with Crippen molar-refractivity contribution in [3.05, 3.63) is 36.0 Å². The topological polar surface area (TPSA) is 17.0 Å². The predicted molar refractivity (Wildman–Crippen MR) is 69.8 cm³/mol. The Morgan fingerprint density at radius 3 is 2.81 bits per heavy atom. The quantitative estimate of drug-likeness (QED) is 0.831. The molecule has 1 aromatic carbocycles. The van der Waals surface area contributed by atoms with E-state index in [1.165, 1.54) is 16.5 Å². The number of aromatic nitrogens is 1. The maximum Gasteiger partial charge on any atom is 0.0483 e. The fourth-order valence-corrected chi connectivity index (χ4v) is 1.96. The summed E-state index contributed by atoms with van der Waals surface area (Å²) < 4.78 is 2.32. The van der Waals surface area contributed by atoms with Gasteiger partial charge in [0.2, 0.25) is 0 Å². The standard InChI is InChI=1S/C14H20N2/c1-11(2)15-7-9-16-8-6-13-5-4-12(3)10-14(13)16/h4-6,8,10-11,15H,7,9H2,1-3H3. The van der Waals surface area contributed by atoms with Crippen LogP contribution in [0.25, 0.3) is 10.9 Å². The molecule has 0 aliphatic heterocycles. The van der Waals surface area contributed by atoms with Gasteiger partial charge in [-0.2, -0.15) is 0 Å². The van der Waals surface area contributed by atoms with Crippen molar-refractivity contribution in [1.29, 1.82) is 0 Å². The van der Waals surface area contributed by atoms with E-state index < -0.39 is 0 Å². The second-order valence-corrected chi connectivity index (χ2v) is 4.68. The Balaban J connectivity index is 2.15. The molecule has 0 radical (unpaired) electrons. The highest BCUT2D eigenvalue weighted by atomic mass is 15.0. The van der Waals surface area contributed by atoms with E-state index >= 15 is 0 Å². The molecule has 16 heavy (non-hydrogen) atoms. The molecule has 0 unspecified atom stereocenters. The first kappa shape index (κ1) is 11.2. The molecule has 0 spiro atoms. The molecule has 0 aliphatic rings. The van der Waals surface area contributed by atoms with Gasteiger partial charge in [0.15, 0.2) is 0 Å². The van der Waals surface area contributed by atoms with E-state index in [9.17, 15) is 0 Å². The summed E-state index contributed by atoms with van der Waals surface area (Å²) >= 11 is 0. The molecule has 1 aromatic heterocycles. The molecule has 0 bridgehead atoms. The average Bonchev–Trinajstić information content (AvgIpc) is 2.60. The Hall–Kier alpha value is -1.28. The average molecular weight is 216 g/mol. The van der Waals surface area contributed by atoms with E-state index in [1.807, 2.05) is 0 Å². The minimum Gasteiger partial charge on any atom is -0.346 e. The molecule has 0 atom stereocenters. The molecule has 1 N–H and O–H groups in total. The van der Waals surface area contributed by atoms with Crippen LogP contribution in [-0.4, -0.2) is 17.2 Å². The highest BCUT2D eigenvalue weighted by Gasteiger charge is 2.00. The van der Waals surface area contributed by atoms with Crippen LogP contribution in [0, 0.1) is 6.92 Å². The molecular formula is C14H20N2. The van der Waals surface area contributed by atoms with Gasteiger partial charge in [0.1, 0.15) is 0 Å². The van der Waals surface area contributed by atoms with Crippen LogP contribution < -0.4 is 5.32 Å². The zero-order valence-electron chi connectivity index (χ0n) is 10.3.